The molecular weight excluding hydrogens is 245 g/mol. The first-order valence-corrected chi connectivity index (χ1v) is 6.78. The number of rotatable bonds is 3. The van der Waals surface area contributed by atoms with Gasteiger partial charge in [-0.15, -0.1) is 0 Å². The van der Waals surface area contributed by atoms with Crippen LogP contribution < -0.4 is 4.74 Å². The average Bonchev–Trinajstić information content (AvgIpc) is 2.46. The Morgan fingerprint density at radius 1 is 1.42 bits per heavy atom. The lowest BCUT2D eigenvalue weighted by atomic mass is 9.94. The van der Waals surface area contributed by atoms with Crippen molar-refractivity contribution in [3.05, 3.63) is 29.6 Å². The smallest absolute Gasteiger partial charge is 0.256 e. The van der Waals surface area contributed by atoms with Gasteiger partial charge < -0.3 is 9.64 Å². The molecular formula is C15H20FNO2. The van der Waals surface area contributed by atoms with E-state index < -0.39 is 5.82 Å². The van der Waals surface area contributed by atoms with Crippen molar-refractivity contribution in [2.45, 2.75) is 26.2 Å². The van der Waals surface area contributed by atoms with Gasteiger partial charge in [0.05, 0.1) is 12.7 Å². The molecule has 0 aromatic heterocycles. The zero-order chi connectivity index (χ0) is 13.8. The molecule has 1 aromatic rings. The summed E-state index contributed by atoms with van der Waals surface area (Å²) in [5.41, 5.74) is 0.135. The Balaban J connectivity index is 2.08. The van der Waals surface area contributed by atoms with Crippen LogP contribution in [0, 0.1) is 11.7 Å². The third-order valence-electron chi connectivity index (χ3n) is 3.89. The lowest BCUT2D eigenvalue weighted by Gasteiger charge is -2.31. The van der Waals surface area contributed by atoms with E-state index in [9.17, 15) is 9.18 Å². The van der Waals surface area contributed by atoms with E-state index in [0.717, 1.165) is 32.4 Å². The van der Waals surface area contributed by atoms with Gasteiger partial charge in [0.25, 0.3) is 5.91 Å². The molecule has 1 aliphatic heterocycles. The van der Waals surface area contributed by atoms with Crippen LogP contribution in [0.1, 0.15) is 36.5 Å². The number of nitrogens with zero attached hydrogens (tertiary/aromatic N) is 1. The second-order valence-electron chi connectivity index (χ2n) is 4.99. The molecule has 1 fully saturated rings. The number of halogens is 1. The third-order valence-corrected chi connectivity index (χ3v) is 3.89. The molecule has 0 saturated carbocycles. The first-order valence-electron chi connectivity index (χ1n) is 6.78. The van der Waals surface area contributed by atoms with Crippen molar-refractivity contribution >= 4 is 5.91 Å². The fourth-order valence-corrected chi connectivity index (χ4v) is 2.51. The fourth-order valence-electron chi connectivity index (χ4n) is 2.51. The SMILES string of the molecule is CCC1CCN(C(=O)c2ccc(OC)cc2F)CC1. The largest absolute Gasteiger partial charge is 0.497 e. The Hall–Kier alpha value is -1.58. The van der Waals surface area contributed by atoms with Crippen molar-refractivity contribution in [3.63, 3.8) is 0 Å². The van der Waals surface area contributed by atoms with Crippen LogP contribution in [0.2, 0.25) is 0 Å². The maximum Gasteiger partial charge on any atom is 0.256 e. The van der Waals surface area contributed by atoms with Gasteiger partial charge in [-0.25, -0.2) is 4.39 Å². The maximum atomic E-state index is 13.9. The van der Waals surface area contributed by atoms with Gasteiger partial charge in [-0.3, -0.25) is 4.79 Å². The van der Waals surface area contributed by atoms with Gasteiger partial charge in [-0.2, -0.15) is 0 Å². The number of piperidine rings is 1. The maximum absolute atomic E-state index is 13.9. The molecule has 4 heteroatoms. The predicted octanol–water partition coefficient (Wildman–Crippen LogP) is 3.10. The summed E-state index contributed by atoms with van der Waals surface area (Å²) in [6, 6.07) is 4.38. The molecule has 2 rings (SSSR count). The summed E-state index contributed by atoms with van der Waals surface area (Å²) in [4.78, 5) is 14.0. The zero-order valence-corrected chi connectivity index (χ0v) is 11.5. The Morgan fingerprint density at radius 2 is 2.11 bits per heavy atom. The zero-order valence-electron chi connectivity index (χ0n) is 11.5. The van der Waals surface area contributed by atoms with Crippen molar-refractivity contribution in [1.82, 2.24) is 4.90 Å². The van der Waals surface area contributed by atoms with Gasteiger partial charge in [0, 0.05) is 19.2 Å². The van der Waals surface area contributed by atoms with Crippen molar-refractivity contribution < 1.29 is 13.9 Å². The molecule has 19 heavy (non-hydrogen) atoms. The predicted molar refractivity (Wildman–Crippen MR) is 71.9 cm³/mol. The number of carbonyl (C=O) groups is 1. The van der Waals surface area contributed by atoms with Crippen molar-refractivity contribution in [2.24, 2.45) is 5.92 Å². The van der Waals surface area contributed by atoms with Crippen LogP contribution in [0.25, 0.3) is 0 Å². The van der Waals surface area contributed by atoms with Gasteiger partial charge in [-0.05, 0) is 30.9 Å². The summed E-state index contributed by atoms with van der Waals surface area (Å²) < 4.78 is 18.8. The van der Waals surface area contributed by atoms with E-state index in [2.05, 4.69) is 6.92 Å². The summed E-state index contributed by atoms with van der Waals surface area (Å²) in [6.07, 6.45) is 3.18. The third kappa shape index (κ3) is 3.06. The highest BCUT2D eigenvalue weighted by atomic mass is 19.1. The molecule has 0 unspecified atom stereocenters. The molecule has 0 aliphatic carbocycles. The Kier molecular flexibility index (Phi) is 4.40. The van der Waals surface area contributed by atoms with Crippen LogP contribution in [-0.4, -0.2) is 31.0 Å². The molecule has 0 atom stereocenters. The van der Waals surface area contributed by atoms with Crippen molar-refractivity contribution in [3.8, 4) is 5.75 Å². The minimum absolute atomic E-state index is 0.135. The second-order valence-corrected chi connectivity index (χ2v) is 4.99. The highest BCUT2D eigenvalue weighted by molar-refractivity contribution is 5.94. The molecule has 104 valence electrons. The van der Waals surface area contributed by atoms with Crippen molar-refractivity contribution in [2.75, 3.05) is 20.2 Å². The van der Waals surface area contributed by atoms with E-state index in [0.29, 0.717) is 11.7 Å². The van der Waals surface area contributed by atoms with E-state index in [-0.39, 0.29) is 11.5 Å². The van der Waals surface area contributed by atoms with E-state index >= 15 is 0 Å². The lowest BCUT2D eigenvalue weighted by Crippen LogP contribution is -2.38. The minimum Gasteiger partial charge on any atom is -0.497 e. The van der Waals surface area contributed by atoms with E-state index in [1.807, 2.05) is 0 Å². The van der Waals surface area contributed by atoms with Crippen molar-refractivity contribution in [1.29, 1.82) is 0 Å². The van der Waals surface area contributed by atoms with E-state index in [4.69, 9.17) is 4.74 Å². The molecule has 1 saturated heterocycles. The molecule has 3 nitrogen and oxygen atoms in total. The first-order chi connectivity index (χ1) is 9.15. The standard InChI is InChI=1S/C15H20FNO2/c1-3-11-6-8-17(9-7-11)15(18)13-5-4-12(19-2)10-14(13)16/h4-5,10-11H,3,6-9H2,1-2H3. The summed E-state index contributed by atoms with van der Waals surface area (Å²) >= 11 is 0. The molecule has 1 amide bonds. The molecule has 1 aliphatic rings. The van der Waals surface area contributed by atoms with Crippen LogP contribution in [-0.2, 0) is 0 Å². The number of hydrogen-bond acceptors (Lipinski definition) is 2. The minimum atomic E-state index is -0.512. The molecule has 0 N–H and O–H groups in total. The van der Waals surface area contributed by atoms with Crippen LogP contribution in [0.15, 0.2) is 18.2 Å². The first kappa shape index (κ1) is 13.8. The Bertz CT molecular complexity index is 453. The Morgan fingerprint density at radius 3 is 2.63 bits per heavy atom. The lowest BCUT2D eigenvalue weighted by molar-refractivity contribution is 0.0684. The quantitative estimate of drug-likeness (QED) is 0.840. The summed E-state index contributed by atoms with van der Waals surface area (Å²) in [5, 5.41) is 0. The summed E-state index contributed by atoms with van der Waals surface area (Å²) in [7, 11) is 1.48. The second kappa shape index (κ2) is 6.04. The van der Waals surface area contributed by atoms with Crippen LogP contribution in [0.3, 0.4) is 0 Å². The van der Waals surface area contributed by atoms with E-state index in [1.165, 1.54) is 19.2 Å². The number of likely N-dealkylation sites (tertiary alicyclic amines) is 1. The van der Waals surface area contributed by atoms with Crippen LogP contribution >= 0.6 is 0 Å². The highest BCUT2D eigenvalue weighted by Gasteiger charge is 2.24. The van der Waals surface area contributed by atoms with Gasteiger partial charge in [0.15, 0.2) is 0 Å². The molecule has 1 aromatic carbocycles. The number of ether oxygens (including phenoxy) is 1. The number of benzene rings is 1. The van der Waals surface area contributed by atoms with Gasteiger partial charge in [-0.1, -0.05) is 13.3 Å². The molecule has 0 bridgehead atoms. The molecule has 1 heterocycles. The summed E-state index contributed by atoms with van der Waals surface area (Å²) in [6.45, 7) is 3.62. The van der Waals surface area contributed by atoms with Crippen LogP contribution in [0.5, 0.6) is 5.75 Å². The average molecular weight is 265 g/mol. The highest BCUT2D eigenvalue weighted by Crippen LogP contribution is 2.23. The number of carbonyl (C=O) groups excluding carboxylic acids is 1. The number of amides is 1. The fraction of sp³-hybridized carbons (Fsp3) is 0.533. The normalized spacial score (nSPS) is 16.5. The summed E-state index contributed by atoms with van der Waals surface area (Å²) in [5.74, 6) is 0.403. The number of methoxy groups -OCH3 is 1. The van der Waals surface area contributed by atoms with Gasteiger partial charge in [0.2, 0.25) is 0 Å². The molecule has 0 spiro atoms. The van der Waals surface area contributed by atoms with Gasteiger partial charge in [0.1, 0.15) is 11.6 Å². The van der Waals surface area contributed by atoms with E-state index in [1.54, 1.807) is 11.0 Å². The topological polar surface area (TPSA) is 29.5 Å². The van der Waals surface area contributed by atoms with Crippen LogP contribution in [0.4, 0.5) is 4.39 Å². The molecule has 0 radical (unpaired) electrons. The van der Waals surface area contributed by atoms with Gasteiger partial charge >= 0.3 is 0 Å². The monoisotopic (exact) mass is 265 g/mol. The Labute approximate surface area is 113 Å². The number of hydrogen-bond donors (Lipinski definition) is 0.